The zero-order valence-corrected chi connectivity index (χ0v) is 11.1. The molecule has 0 amide bonds. The molecule has 0 saturated carbocycles. The highest BCUT2D eigenvalue weighted by molar-refractivity contribution is 5.85. The standard InChI is InChI=1S/C14H16F3NO2/c1-2-13(12(19)20)8-5-9-18(13)11-7-4-3-6-10(11)14(15,16)17/h3-4,6-7H,2,5,8-9H2,1H3,(H,19,20). The first-order valence-corrected chi connectivity index (χ1v) is 6.50. The third-order valence-corrected chi connectivity index (χ3v) is 3.97. The molecule has 1 aromatic carbocycles. The van der Waals surface area contributed by atoms with Crippen molar-refractivity contribution in [2.45, 2.75) is 37.9 Å². The van der Waals surface area contributed by atoms with E-state index in [9.17, 15) is 23.1 Å². The van der Waals surface area contributed by atoms with E-state index in [-0.39, 0.29) is 12.1 Å². The molecule has 1 aliphatic heterocycles. The fourth-order valence-corrected chi connectivity index (χ4v) is 2.92. The van der Waals surface area contributed by atoms with Gasteiger partial charge < -0.3 is 10.0 Å². The van der Waals surface area contributed by atoms with Crippen molar-refractivity contribution in [3.8, 4) is 0 Å². The summed E-state index contributed by atoms with van der Waals surface area (Å²) in [6, 6.07) is 5.17. The highest BCUT2D eigenvalue weighted by Crippen LogP contribution is 2.43. The Kier molecular flexibility index (Phi) is 3.67. The van der Waals surface area contributed by atoms with Gasteiger partial charge in [0.05, 0.1) is 5.56 Å². The average molecular weight is 287 g/mol. The van der Waals surface area contributed by atoms with E-state index in [1.54, 1.807) is 6.92 Å². The molecule has 0 radical (unpaired) electrons. The van der Waals surface area contributed by atoms with E-state index in [0.29, 0.717) is 19.4 Å². The van der Waals surface area contributed by atoms with Gasteiger partial charge in [0.25, 0.3) is 0 Å². The number of rotatable bonds is 3. The second-order valence-electron chi connectivity index (χ2n) is 4.96. The van der Waals surface area contributed by atoms with Gasteiger partial charge in [0.2, 0.25) is 0 Å². The molecule has 1 heterocycles. The minimum Gasteiger partial charge on any atom is -0.479 e. The second-order valence-corrected chi connectivity index (χ2v) is 4.96. The molecule has 0 aromatic heterocycles. The maximum absolute atomic E-state index is 13.1. The Morgan fingerprint density at radius 1 is 1.40 bits per heavy atom. The number of para-hydroxylation sites is 1. The van der Waals surface area contributed by atoms with Crippen LogP contribution in [-0.4, -0.2) is 23.2 Å². The van der Waals surface area contributed by atoms with Crippen LogP contribution < -0.4 is 4.90 Å². The lowest BCUT2D eigenvalue weighted by atomic mass is 9.92. The van der Waals surface area contributed by atoms with E-state index >= 15 is 0 Å². The smallest absolute Gasteiger partial charge is 0.418 e. The van der Waals surface area contributed by atoms with E-state index in [4.69, 9.17) is 0 Å². The molecule has 1 aliphatic rings. The quantitative estimate of drug-likeness (QED) is 0.924. The van der Waals surface area contributed by atoms with Crippen LogP contribution in [0.1, 0.15) is 31.7 Å². The number of hydrogen-bond donors (Lipinski definition) is 1. The number of nitrogens with zero attached hydrogens (tertiary/aromatic N) is 1. The van der Waals surface area contributed by atoms with Crippen LogP contribution >= 0.6 is 0 Å². The summed E-state index contributed by atoms with van der Waals surface area (Å²) in [7, 11) is 0. The molecule has 3 nitrogen and oxygen atoms in total. The number of anilines is 1. The molecule has 1 aromatic rings. The van der Waals surface area contributed by atoms with E-state index in [2.05, 4.69) is 0 Å². The van der Waals surface area contributed by atoms with Crippen molar-refractivity contribution in [3.63, 3.8) is 0 Å². The fourth-order valence-electron chi connectivity index (χ4n) is 2.92. The number of benzene rings is 1. The van der Waals surface area contributed by atoms with E-state index in [1.165, 1.54) is 23.1 Å². The Morgan fingerprint density at radius 2 is 2.05 bits per heavy atom. The molecule has 0 aliphatic carbocycles. The van der Waals surface area contributed by atoms with Crippen LogP contribution in [0.3, 0.4) is 0 Å². The van der Waals surface area contributed by atoms with E-state index in [0.717, 1.165) is 6.07 Å². The van der Waals surface area contributed by atoms with Gasteiger partial charge in [-0.25, -0.2) is 4.79 Å². The molecule has 1 fully saturated rings. The van der Waals surface area contributed by atoms with Gasteiger partial charge >= 0.3 is 12.1 Å². The molecular formula is C14H16F3NO2. The summed E-state index contributed by atoms with van der Waals surface area (Å²) < 4.78 is 39.3. The van der Waals surface area contributed by atoms with Gasteiger partial charge in [0, 0.05) is 12.2 Å². The molecule has 1 unspecified atom stereocenters. The first kappa shape index (κ1) is 14.7. The summed E-state index contributed by atoms with van der Waals surface area (Å²) in [6.45, 7) is 2.02. The van der Waals surface area contributed by atoms with Crippen molar-refractivity contribution in [2.24, 2.45) is 0 Å². The van der Waals surface area contributed by atoms with Crippen molar-refractivity contribution < 1.29 is 23.1 Å². The van der Waals surface area contributed by atoms with Crippen LogP contribution in [-0.2, 0) is 11.0 Å². The number of hydrogen-bond acceptors (Lipinski definition) is 2. The van der Waals surface area contributed by atoms with Crippen LogP contribution in [0.25, 0.3) is 0 Å². The van der Waals surface area contributed by atoms with Crippen LogP contribution in [0.15, 0.2) is 24.3 Å². The summed E-state index contributed by atoms with van der Waals surface area (Å²) >= 11 is 0. The Bertz CT molecular complexity index is 515. The lowest BCUT2D eigenvalue weighted by Gasteiger charge is -2.37. The topological polar surface area (TPSA) is 40.5 Å². The predicted molar refractivity (Wildman–Crippen MR) is 68.7 cm³/mol. The highest BCUT2D eigenvalue weighted by Gasteiger charge is 2.48. The van der Waals surface area contributed by atoms with Gasteiger partial charge in [-0.05, 0) is 31.4 Å². The van der Waals surface area contributed by atoms with Gasteiger partial charge in [0.1, 0.15) is 5.54 Å². The largest absolute Gasteiger partial charge is 0.479 e. The Morgan fingerprint density at radius 3 is 2.60 bits per heavy atom. The number of aliphatic carboxylic acids is 1. The van der Waals surface area contributed by atoms with Crippen LogP contribution in [0, 0.1) is 0 Å². The monoisotopic (exact) mass is 287 g/mol. The number of carboxylic acids is 1. The molecule has 20 heavy (non-hydrogen) atoms. The molecular weight excluding hydrogens is 271 g/mol. The molecule has 1 saturated heterocycles. The van der Waals surface area contributed by atoms with Crippen LogP contribution in [0.2, 0.25) is 0 Å². The molecule has 1 atom stereocenters. The summed E-state index contributed by atoms with van der Waals surface area (Å²) in [5, 5.41) is 9.47. The van der Waals surface area contributed by atoms with E-state index in [1.807, 2.05) is 0 Å². The molecule has 2 rings (SSSR count). The minimum atomic E-state index is -4.49. The Balaban J connectivity index is 2.54. The van der Waals surface area contributed by atoms with Crippen molar-refractivity contribution in [1.29, 1.82) is 0 Å². The molecule has 1 N–H and O–H groups in total. The minimum absolute atomic E-state index is 0.0400. The van der Waals surface area contributed by atoms with Gasteiger partial charge in [-0.3, -0.25) is 0 Å². The molecule has 0 spiro atoms. The predicted octanol–water partition coefficient (Wildman–Crippen LogP) is 3.54. The van der Waals surface area contributed by atoms with Gasteiger partial charge in [-0.15, -0.1) is 0 Å². The normalized spacial score (nSPS) is 23.1. The van der Waals surface area contributed by atoms with Crippen molar-refractivity contribution >= 4 is 11.7 Å². The Hall–Kier alpha value is -1.72. The number of alkyl halides is 3. The van der Waals surface area contributed by atoms with Crippen molar-refractivity contribution in [1.82, 2.24) is 0 Å². The Labute approximate surface area is 115 Å². The van der Waals surface area contributed by atoms with E-state index < -0.39 is 23.2 Å². The summed E-state index contributed by atoms with van der Waals surface area (Å²) in [5.74, 6) is -1.06. The van der Waals surface area contributed by atoms with Gasteiger partial charge in [0.15, 0.2) is 0 Å². The number of carboxylic acid groups (broad SMARTS) is 1. The lowest BCUT2D eigenvalue weighted by Crippen LogP contribution is -2.50. The summed E-state index contributed by atoms with van der Waals surface area (Å²) in [6.07, 6.45) is -3.27. The molecule has 0 bridgehead atoms. The second kappa shape index (κ2) is 5.00. The first-order chi connectivity index (χ1) is 9.33. The highest BCUT2D eigenvalue weighted by atomic mass is 19.4. The first-order valence-electron chi connectivity index (χ1n) is 6.50. The average Bonchev–Trinajstić information content (AvgIpc) is 2.82. The third-order valence-electron chi connectivity index (χ3n) is 3.97. The SMILES string of the molecule is CCC1(C(=O)O)CCCN1c1ccccc1C(F)(F)F. The summed E-state index contributed by atoms with van der Waals surface area (Å²) in [5.41, 5.74) is -2.05. The summed E-state index contributed by atoms with van der Waals surface area (Å²) in [4.78, 5) is 13.0. The van der Waals surface area contributed by atoms with Gasteiger partial charge in [-0.2, -0.15) is 13.2 Å². The maximum Gasteiger partial charge on any atom is 0.418 e. The molecule has 6 heteroatoms. The fraction of sp³-hybridized carbons (Fsp3) is 0.500. The lowest BCUT2D eigenvalue weighted by molar-refractivity contribution is -0.144. The number of halogens is 3. The van der Waals surface area contributed by atoms with Crippen LogP contribution in [0.4, 0.5) is 18.9 Å². The van der Waals surface area contributed by atoms with Crippen molar-refractivity contribution in [3.05, 3.63) is 29.8 Å². The van der Waals surface area contributed by atoms with Crippen LogP contribution in [0.5, 0.6) is 0 Å². The zero-order chi connectivity index (χ0) is 15.0. The third kappa shape index (κ3) is 2.23. The molecule has 110 valence electrons. The number of carbonyl (C=O) groups is 1. The van der Waals surface area contributed by atoms with Gasteiger partial charge in [-0.1, -0.05) is 19.1 Å². The maximum atomic E-state index is 13.1. The van der Waals surface area contributed by atoms with Crippen molar-refractivity contribution in [2.75, 3.05) is 11.4 Å². The zero-order valence-electron chi connectivity index (χ0n) is 11.1.